The minimum atomic E-state index is -0.263. The lowest BCUT2D eigenvalue weighted by Crippen LogP contribution is -2.19. The van der Waals surface area contributed by atoms with Crippen LogP contribution in [0.2, 0.25) is 0 Å². The molecule has 1 amide bonds. The van der Waals surface area contributed by atoms with Crippen LogP contribution in [0.5, 0.6) is 0 Å². The fourth-order valence-corrected chi connectivity index (χ4v) is 3.68. The number of nitrogens with two attached hydrogens (primary N) is 2. The first-order valence-corrected chi connectivity index (χ1v) is 6.80. The summed E-state index contributed by atoms with van der Waals surface area (Å²) in [4.78, 5) is 13.2. The van der Waals surface area contributed by atoms with Crippen LogP contribution in [-0.2, 0) is 4.79 Å². The van der Waals surface area contributed by atoms with Crippen molar-refractivity contribution in [2.45, 2.75) is 32.7 Å². The quantitative estimate of drug-likeness (QED) is 0.878. The number of amides is 1. The van der Waals surface area contributed by atoms with Gasteiger partial charge in [-0.3, -0.25) is 4.79 Å². The molecular weight excluding hydrogens is 288 g/mol. The molecule has 0 radical (unpaired) electrons. The third-order valence-corrected chi connectivity index (χ3v) is 4.48. The predicted molar refractivity (Wildman–Crippen MR) is 71.3 cm³/mol. The van der Waals surface area contributed by atoms with Crippen LogP contribution in [0.4, 0.5) is 0 Å². The molecule has 0 aromatic carbocycles. The van der Waals surface area contributed by atoms with E-state index in [1.807, 2.05) is 6.92 Å². The Kier molecular flexibility index (Phi) is 4.95. The van der Waals surface area contributed by atoms with Gasteiger partial charge in [-0.05, 0) is 41.3 Å². The van der Waals surface area contributed by atoms with Crippen molar-refractivity contribution in [3.8, 4) is 0 Å². The van der Waals surface area contributed by atoms with Gasteiger partial charge < -0.3 is 11.5 Å². The largest absolute Gasteiger partial charge is 0.370 e. The molecule has 1 rings (SSSR count). The van der Waals surface area contributed by atoms with Gasteiger partial charge in [0, 0.05) is 26.7 Å². The lowest BCUT2D eigenvalue weighted by atomic mass is 9.98. The third-order valence-electron chi connectivity index (χ3n) is 2.38. The van der Waals surface area contributed by atoms with E-state index < -0.39 is 0 Å². The maximum absolute atomic E-state index is 10.8. The molecule has 2 unspecified atom stereocenters. The zero-order chi connectivity index (χ0) is 12.3. The summed E-state index contributed by atoms with van der Waals surface area (Å²) in [6.45, 7) is 4.05. The molecule has 0 aliphatic heterocycles. The van der Waals surface area contributed by atoms with Gasteiger partial charge in [0.1, 0.15) is 0 Å². The van der Waals surface area contributed by atoms with Gasteiger partial charge >= 0.3 is 0 Å². The summed E-state index contributed by atoms with van der Waals surface area (Å²) >= 11 is 5.19. The summed E-state index contributed by atoms with van der Waals surface area (Å²) in [5, 5.41) is 0. The van der Waals surface area contributed by atoms with Crippen LogP contribution in [-0.4, -0.2) is 5.91 Å². The van der Waals surface area contributed by atoms with E-state index in [4.69, 9.17) is 11.5 Å². The second-order valence-corrected chi connectivity index (χ2v) is 6.33. The number of carbonyl (C=O) groups is 1. The van der Waals surface area contributed by atoms with Gasteiger partial charge in [-0.1, -0.05) is 6.92 Å². The summed E-state index contributed by atoms with van der Waals surface area (Å²) in [6.07, 6.45) is 1.18. The van der Waals surface area contributed by atoms with Crippen LogP contribution >= 0.6 is 27.3 Å². The van der Waals surface area contributed by atoms with Gasteiger partial charge in [0.05, 0.1) is 0 Å². The van der Waals surface area contributed by atoms with E-state index >= 15 is 0 Å². The number of carbonyl (C=O) groups excluding carboxylic acids is 1. The second kappa shape index (κ2) is 5.80. The highest BCUT2D eigenvalue weighted by Crippen LogP contribution is 2.34. The molecule has 90 valence electrons. The highest BCUT2D eigenvalue weighted by Gasteiger charge is 2.17. The number of hydrogen-bond donors (Lipinski definition) is 2. The van der Waals surface area contributed by atoms with Crippen LogP contribution in [0.3, 0.4) is 0 Å². The van der Waals surface area contributed by atoms with Crippen LogP contribution in [0.15, 0.2) is 10.5 Å². The zero-order valence-electron chi connectivity index (χ0n) is 9.50. The van der Waals surface area contributed by atoms with E-state index in [0.717, 1.165) is 15.8 Å². The lowest BCUT2D eigenvalue weighted by molar-refractivity contribution is -0.118. The fraction of sp³-hybridized carbons (Fsp3) is 0.545. The number of halogens is 1. The average Bonchev–Trinajstić information content (AvgIpc) is 2.43. The first-order chi connectivity index (χ1) is 7.40. The smallest absolute Gasteiger partial charge is 0.217 e. The number of aryl methyl sites for hydroxylation is 1. The van der Waals surface area contributed by atoms with Crippen molar-refractivity contribution in [2.24, 2.45) is 17.4 Å². The SMILES string of the molecule is Cc1cc(Br)c(C(N)CC(C)CC(N)=O)s1. The summed E-state index contributed by atoms with van der Waals surface area (Å²) in [5.41, 5.74) is 11.3. The van der Waals surface area contributed by atoms with E-state index in [1.165, 1.54) is 4.88 Å². The monoisotopic (exact) mass is 304 g/mol. The normalized spacial score (nSPS) is 14.8. The average molecular weight is 305 g/mol. The second-order valence-electron chi connectivity index (χ2n) is 4.19. The van der Waals surface area contributed by atoms with Gasteiger partial charge in [-0.25, -0.2) is 0 Å². The van der Waals surface area contributed by atoms with Crippen molar-refractivity contribution in [1.29, 1.82) is 0 Å². The molecule has 2 atom stereocenters. The number of rotatable bonds is 5. The molecule has 1 aromatic heterocycles. The van der Waals surface area contributed by atoms with Crippen molar-refractivity contribution in [1.82, 2.24) is 0 Å². The number of hydrogen-bond acceptors (Lipinski definition) is 3. The molecule has 5 heteroatoms. The first-order valence-electron chi connectivity index (χ1n) is 5.20. The molecule has 0 spiro atoms. The summed E-state index contributed by atoms with van der Waals surface area (Å²) in [6, 6.07) is 2.04. The fourth-order valence-electron chi connectivity index (χ4n) is 1.72. The standard InChI is InChI=1S/C11H17BrN2OS/c1-6(4-10(14)15)3-9(13)11-8(12)5-7(2)16-11/h5-6,9H,3-4,13H2,1-2H3,(H2,14,15). The number of thiophene rings is 1. The molecular formula is C11H17BrN2OS. The zero-order valence-corrected chi connectivity index (χ0v) is 11.9. The van der Waals surface area contributed by atoms with Gasteiger partial charge in [-0.15, -0.1) is 11.3 Å². The maximum atomic E-state index is 10.8. The molecule has 1 aromatic rings. The van der Waals surface area contributed by atoms with Crippen molar-refractivity contribution in [3.05, 3.63) is 20.3 Å². The van der Waals surface area contributed by atoms with Gasteiger partial charge in [-0.2, -0.15) is 0 Å². The van der Waals surface area contributed by atoms with E-state index in [1.54, 1.807) is 11.3 Å². The molecule has 0 saturated heterocycles. The minimum absolute atomic E-state index is 0.0255. The van der Waals surface area contributed by atoms with Gasteiger partial charge in [0.2, 0.25) is 5.91 Å². The summed E-state index contributed by atoms with van der Waals surface area (Å²) in [7, 11) is 0. The van der Waals surface area contributed by atoms with Crippen molar-refractivity contribution < 1.29 is 4.79 Å². The maximum Gasteiger partial charge on any atom is 0.217 e. The Morgan fingerprint density at radius 2 is 2.25 bits per heavy atom. The highest BCUT2D eigenvalue weighted by atomic mass is 79.9. The molecule has 1 heterocycles. The van der Waals surface area contributed by atoms with Crippen molar-refractivity contribution in [3.63, 3.8) is 0 Å². The first kappa shape index (κ1) is 13.7. The Morgan fingerprint density at radius 3 is 2.69 bits per heavy atom. The molecule has 0 fully saturated rings. The molecule has 3 nitrogen and oxygen atoms in total. The van der Waals surface area contributed by atoms with E-state index in [-0.39, 0.29) is 17.9 Å². The molecule has 0 aliphatic rings. The third kappa shape index (κ3) is 3.88. The summed E-state index contributed by atoms with van der Waals surface area (Å²) < 4.78 is 1.06. The van der Waals surface area contributed by atoms with E-state index in [9.17, 15) is 4.79 Å². The summed E-state index contributed by atoms with van der Waals surface area (Å²) in [5.74, 6) is -0.0390. The minimum Gasteiger partial charge on any atom is -0.370 e. The van der Waals surface area contributed by atoms with Crippen LogP contribution in [0.25, 0.3) is 0 Å². The Balaban J connectivity index is 2.61. The Morgan fingerprint density at radius 1 is 1.62 bits per heavy atom. The van der Waals surface area contributed by atoms with E-state index in [2.05, 4.69) is 28.9 Å². The van der Waals surface area contributed by atoms with Crippen LogP contribution < -0.4 is 11.5 Å². The Bertz CT molecular complexity index is 378. The van der Waals surface area contributed by atoms with Crippen molar-refractivity contribution >= 4 is 33.2 Å². The molecule has 0 aliphatic carbocycles. The molecule has 16 heavy (non-hydrogen) atoms. The Hall–Kier alpha value is -0.390. The topological polar surface area (TPSA) is 69.1 Å². The molecule has 0 bridgehead atoms. The molecule has 0 saturated carbocycles. The number of primary amides is 1. The van der Waals surface area contributed by atoms with Crippen LogP contribution in [0.1, 0.15) is 35.6 Å². The predicted octanol–water partition coefficient (Wildman–Crippen LogP) is 2.72. The van der Waals surface area contributed by atoms with Gasteiger partial charge in [0.25, 0.3) is 0 Å². The van der Waals surface area contributed by atoms with Crippen molar-refractivity contribution in [2.75, 3.05) is 0 Å². The van der Waals surface area contributed by atoms with Crippen LogP contribution in [0, 0.1) is 12.8 Å². The lowest BCUT2D eigenvalue weighted by Gasteiger charge is -2.15. The van der Waals surface area contributed by atoms with E-state index in [0.29, 0.717) is 6.42 Å². The Labute approximate surface area is 108 Å². The molecule has 4 N–H and O–H groups in total. The highest BCUT2D eigenvalue weighted by molar-refractivity contribution is 9.10. The van der Waals surface area contributed by atoms with Gasteiger partial charge in [0.15, 0.2) is 0 Å².